The summed E-state index contributed by atoms with van der Waals surface area (Å²) in [6.45, 7) is 2.12. The normalized spacial score (nSPS) is 15.5. The number of rotatable bonds is 5. The first-order valence-electron chi connectivity index (χ1n) is 10.3. The Hall–Kier alpha value is -3.74. The first-order valence-corrected chi connectivity index (χ1v) is 10.3. The summed E-state index contributed by atoms with van der Waals surface area (Å²) in [6.07, 6.45) is -0.237. The minimum Gasteiger partial charge on any atom is -0.480 e. The maximum absolute atomic E-state index is 14.2. The van der Waals surface area contributed by atoms with Crippen molar-refractivity contribution in [3.63, 3.8) is 0 Å². The predicted molar refractivity (Wildman–Crippen MR) is 116 cm³/mol. The van der Waals surface area contributed by atoms with Gasteiger partial charge in [0.2, 0.25) is 0 Å². The van der Waals surface area contributed by atoms with Crippen LogP contribution in [0, 0.1) is 11.6 Å². The molecule has 0 aromatic heterocycles. The molecule has 4 rings (SSSR count). The molecule has 32 heavy (non-hydrogen) atoms. The Balaban J connectivity index is 1.61. The maximum atomic E-state index is 14.2. The van der Waals surface area contributed by atoms with E-state index in [0.717, 1.165) is 0 Å². The Morgan fingerprint density at radius 3 is 2.50 bits per heavy atom. The van der Waals surface area contributed by atoms with Gasteiger partial charge in [0.15, 0.2) is 6.10 Å². The van der Waals surface area contributed by atoms with Crippen molar-refractivity contribution in [1.82, 2.24) is 4.90 Å². The largest absolute Gasteiger partial charge is 0.480 e. The lowest BCUT2D eigenvalue weighted by atomic mass is 10.1. The first kappa shape index (κ1) is 21.5. The monoisotopic (exact) mass is 436 g/mol. The molecule has 1 heterocycles. The zero-order valence-corrected chi connectivity index (χ0v) is 17.5. The number of nitrogens with one attached hydrogen (secondary N) is 1. The Kier molecular flexibility index (Phi) is 6.16. The summed E-state index contributed by atoms with van der Waals surface area (Å²) in [4.78, 5) is 27.0. The Labute approximate surface area is 184 Å². The van der Waals surface area contributed by atoms with Crippen molar-refractivity contribution < 1.29 is 23.1 Å². The van der Waals surface area contributed by atoms with Gasteiger partial charge in [0.25, 0.3) is 11.8 Å². The molecule has 1 atom stereocenters. The zero-order chi connectivity index (χ0) is 22.7. The van der Waals surface area contributed by atoms with E-state index < -0.39 is 17.8 Å². The average molecular weight is 436 g/mol. The fourth-order valence-electron chi connectivity index (χ4n) is 3.65. The smallest absolute Gasteiger partial charge is 0.264 e. The molecule has 7 heteroatoms. The van der Waals surface area contributed by atoms with Crippen LogP contribution in [0.25, 0.3) is 0 Å². The van der Waals surface area contributed by atoms with E-state index in [0.29, 0.717) is 29.0 Å². The molecule has 0 bridgehead atoms. The molecular formula is C25H22F2N2O3. The Morgan fingerprint density at radius 2 is 1.78 bits per heavy atom. The van der Waals surface area contributed by atoms with Gasteiger partial charge in [-0.1, -0.05) is 37.3 Å². The van der Waals surface area contributed by atoms with Crippen molar-refractivity contribution in [3.05, 3.63) is 95.1 Å². The SMILES string of the molecule is CC[C@H]1Oc2ccc(NC(=O)c3ccccc3F)cc2CN(Cc2ccccc2F)C1=O. The molecule has 0 fully saturated rings. The lowest BCUT2D eigenvalue weighted by molar-refractivity contribution is -0.139. The number of hydrogen-bond acceptors (Lipinski definition) is 3. The third kappa shape index (κ3) is 4.46. The second kappa shape index (κ2) is 9.18. The number of carbonyl (C=O) groups is 2. The fraction of sp³-hybridized carbons (Fsp3) is 0.200. The summed E-state index contributed by atoms with van der Waals surface area (Å²) in [7, 11) is 0. The highest BCUT2D eigenvalue weighted by Gasteiger charge is 2.30. The lowest BCUT2D eigenvalue weighted by Crippen LogP contribution is -2.39. The highest BCUT2D eigenvalue weighted by atomic mass is 19.1. The van der Waals surface area contributed by atoms with Gasteiger partial charge >= 0.3 is 0 Å². The number of ether oxygens (including phenoxy) is 1. The van der Waals surface area contributed by atoms with Crippen LogP contribution < -0.4 is 10.1 Å². The van der Waals surface area contributed by atoms with Gasteiger partial charge in [-0.3, -0.25) is 9.59 Å². The molecule has 3 aromatic carbocycles. The van der Waals surface area contributed by atoms with Crippen molar-refractivity contribution in [3.8, 4) is 5.75 Å². The number of benzene rings is 3. The van der Waals surface area contributed by atoms with E-state index in [1.807, 2.05) is 6.92 Å². The number of amides is 2. The van der Waals surface area contributed by atoms with Crippen molar-refractivity contribution in [2.24, 2.45) is 0 Å². The molecule has 1 N–H and O–H groups in total. The summed E-state index contributed by atoms with van der Waals surface area (Å²) in [5.74, 6) is -1.29. The van der Waals surface area contributed by atoms with Crippen LogP contribution in [0.15, 0.2) is 66.7 Å². The molecule has 0 saturated heterocycles. The van der Waals surface area contributed by atoms with Crippen LogP contribution in [0.4, 0.5) is 14.5 Å². The maximum Gasteiger partial charge on any atom is 0.264 e. The molecule has 2 amide bonds. The van der Waals surface area contributed by atoms with Crippen LogP contribution >= 0.6 is 0 Å². The standard InChI is InChI=1S/C25H22F2N2O3/c1-2-22-25(31)29(14-16-7-3-5-9-20(16)26)15-17-13-18(11-12-23(17)32-22)28-24(30)19-8-4-6-10-21(19)27/h3-13,22H,2,14-15H2,1H3,(H,28,30)/t22-/m1/s1. The van der Waals surface area contributed by atoms with Crippen molar-refractivity contribution >= 4 is 17.5 Å². The number of carbonyl (C=O) groups excluding carboxylic acids is 2. The van der Waals surface area contributed by atoms with E-state index in [-0.39, 0.29) is 30.4 Å². The van der Waals surface area contributed by atoms with E-state index >= 15 is 0 Å². The van der Waals surface area contributed by atoms with Gasteiger partial charge in [-0.15, -0.1) is 0 Å². The third-order valence-corrected chi connectivity index (χ3v) is 5.34. The molecule has 0 aliphatic carbocycles. The molecule has 0 spiro atoms. The Morgan fingerprint density at radius 1 is 1.06 bits per heavy atom. The number of anilines is 1. The minimum absolute atomic E-state index is 0.0684. The molecule has 0 saturated carbocycles. The predicted octanol–water partition coefficient (Wildman–Crippen LogP) is 4.92. The van der Waals surface area contributed by atoms with Crippen LogP contribution in [0.3, 0.4) is 0 Å². The molecule has 0 unspecified atom stereocenters. The molecule has 5 nitrogen and oxygen atoms in total. The van der Waals surface area contributed by atoms with Crippen LogP contribution in [0.5, 0.6) is 5.75 Å². The van der Waals surface area contributed by atoms with Crippen LogP contribution in [-0.2, 0) is 17.9 Å². The number of fused-ring (bicyclic) bond motifs is 1. The van der Waals surface area contributed by atoms with Crippen molar-refractivity contribution in [2.75, 3.05) is 5.32 Å². The van der Waals surface area contributed by atoms with Gasteiger partial charge in [0, 0.05) is 29.9 Å². The van der Waals surface area contributed by atoms with Gasteiger partial charge in [0.05, 0.1) is 5.56 Å². The van der Waals surface area contributed by atoms with Crippen molar-refractivity contribution in [1.29, 1.82) is 0 Å². The Bertz CT molecular complexity index is 1170. The summed E-state index contributed by atoms with van der Waals surface area (Å²) in [5.41, 5.74) is 1.44. The highest BCUT2D eigenvalue weighted by molar-refractivity contribution is 6.04. The van der Waals surface area contributed by atoms with E-state index in [1.165, 1.54) is 24.3 Å². The zero-order valence-electron chi connectivity index (χ0n) is 17.5. The number of hydrogen-bond donors (Lipinski definition) is 1. The molecule has 3 aromatic rings. The summed E-state index contributed by atoms with van der Waals surface area (Å²) >= 11 is 0. The van der Waals surface area contributed by atoms with E-state index in [1.54, 1.807) is 47.4 Å². The molecular weight excluding hydrogens is 414 g/mol. The number of nitrogens with zero attached hydrogens (tertiary/aromatic N) is 1. The van der Waals surface area contributed by atoms with Gasteiger partial charge < -0.3 is 15.0 Å². The first-order chi connectivity index (χ1) is 15.5. The van der Waals surface area contributed by atoms with Crippen LogP contribution in [-0.4, -0.2) is 22.8 Å². The molecule has 0 radical (unpaired) electrons. The fourth-order valence-corrected chi connectivity index (χ4v) is 3.65. The quantitative estimate of drug-likeness (QED) is 0.618. The lowest BCUT2D eigenvalue weighted by Gasteiger charge is -2.23. The van der Waals surface area contributed by atoms with Gasteiger partial charge in [-0.05, 0) is 42.8 Å². The van der Waals surface area contributed by atoms with Gasteiger partial charge in [-0.2, -0.15) is 0 Å². The molecule has 164 valence electrons. The number of halogens is 2. The second-order valence-electron chi connectivity index (χ2n) is 7.56. The van der Waals surface area contributed by atoms with Crippen molar-refractivity contribution in [2.45, 2.75) is 32.5 Å². The van der Waals surface area contributed by atoms with E-state index in [9.17, 15) is 18.4 Å². The van der Waals surface area contributed by atoms with Crippen LogP contribution in [0.1, 0.15) is 34.8 Å². The van der Waals surface area contributed by atoms with E-state index in [2.05, 4.69) is 5.32 Å². The van der Waals surface area contributed by atoms with Crippen LogP contribution in [0.2, 0.25) is 0 Å². The average Bonchev–Trinajstić information content (AvgIpc) is 2.91. The highest BCUT2D eigenvalue weighted by Crippen LogP contribution is 2.30. The molecule has 1 aliphatic rings. The third-order valence-electron chi connectivity index (χ3n) is 5.34. The van der Waals surface area contributed by atoms with Gasteiger partial charge in [0.1, 0.15) is 17.4 Å². The van der Waals surface area contributed by atoms with E-state index in [4.69, 9.17) is 4.74 Å². The second-order valence-corrected chi connectivity index (χ2v) is 7.56. The summed E-state index contributed by atoms with van der Waals surface area (Å²) < 4.78 is 34.1. The summed E-state index contributed by atoms with van der Waals surface area (Å²) in [6, 6.07) is 17.0. The molecule has 1 aliphatic heterocycles. The minimum atomic E-state index is -0.693. The van der Waals surface area contributed by atoms with Gasteiger partial charge in [-0.25, -0.2) is 8.78 Å². The summed E-state index contributed by atoms with van der Waals surface area (Å²) in [5, 5.41) is 2.68. The topological polar surface area (TPSA) is 58.6 Å².